The topological polar surface area (TPSA) is 42.2 Å². The maximum absolute atomic E-state index is 6.20. The van der Waals surface area contributed by atoms with Crippen molar-refractivity contribution < 1.29 is 4.42 Å². The number of unbranched alkanes of at least 4 members (excludes halogenated alkanes) is 3. The quantitative estimate of drug-likeness (QED) is 0.202. The first-order chi connectivity index (χ1) is 15.5. The van der Waals surface area contributed by atoms with Crippen LogP contribution >= 0.6 is 11.3 Å². The van der Waals surface area contributed by atoms with Gasteiger partial charge < -0.3 is 0 Å². The summed E-state index contributed by atoms with van der Waals surface area (Å²) in [4.78, 5) is 12.3. The maximum atomic E-state index is 6.20. The van der Waals surface area contributed by atoms with Crippen LogP contribution in [0.15, 0.2) is 28.8 Å². The zero-order valence-electron chi connectivity index (χ0n) is 20.5. The molecule has 2 heterocycles. The molecule has 0 bridgehead atoms. The van der Waals surface area contributed by atoms with Gasteiger partial charge in [-0.2, -0.15) is 0 Å². The van der Waals surface area contributed by atoms with E-state index in [1.165, 1.54) is 51.8 Å². The Kier molecular flexibility index (Phi) is 9.65. The minimum absolute atomic E-state index is 0.674. The second-order valence-corrected chi connectivity index (χ2v) is 23.4. The van der Waals surface area contributed by atoms with Crippen molar-refractivity contribution in [2.24, 2.45) is 0 Å². The number of thiazole rings is 1. The average molecular weight is 560 g/mol. The van der Waals surface area contributed by atoms with Crippen molar-refractivity contribution >= 4 is 61.7 Å². The van der Waals surface area contributed by atoms with E-state index in [0.29, 0.717) is 5.89 Å². The van der Waals surface area contributed by atoms with Gasteiger partial charge in [0.1, 0.15) is 0 Å². The van der Waals surface area contributed by atoms with Crippen molar-refractivity contribution in [2.75, 3.05) is 19.0 Å². The number of oxazole rings is 1. The van der Waals surface area contributed by atoms with Gasteiger partial charge in [-0.15, -0.1) is 0 Å². The Hall–Kier alpha value is -1.34. The molecular weight excluding hydrogens is 521 g/mol. The van der Waals surface area contributed by atoms with Crippen molar-refractivity contribution in [1.82, 2.24) is 9.97 Å². The minimum atomic E-state index is -2.46. The van der Waals surface area contributed by atoms with E-state index in [4.69, 9.17) is 9.40 Å². The van der Waals surface area contributed by atoms with Crippen LogP contribution in [-0.2, 0) is 0 Å². The van der Waals surface area contributed by atoms with Gasteiger partial charge in [0.25, 0.3) is 0 Å². The zero-order chi connectivity index (χ0) is 23.0. The number of aromatic nitrogens is 2. The molecule has 4 nitrogen and oxygen atoms in total. The molecule has 2 aromatic heterocycles. The number of nitrogens with zero attached hydrogens (tertiary/aromatic N) is 3. The van der Waals surface area contributed by atoms with Crippen LogP contribution in [0.4, 0.5) is 5.13 Å². The average Bonchev–Trinajstić information content (AvgIpc) is 3.44. The number of rotatable bonds is 13. The van der Waals surface area contributed by atoms with Crippen LogP contribution in [0.25, 0.3) is 23.3 Å². The summed E-state index contributed by atoms with van der Waals surface area (Å²) in [6, 6.07) is 6.98. The summed E-state index contributed by atoms with van der Waals surface area (Å²) in [6.07, 6.45) is 13.9. The Morgan fingerprint density at radius 3 is 2.19 bits per heavy atom. The van der Waals surface area contributed by atoms with E-state index in [1.807, 2.05) is 37.3 Å². The molecule has 0 aliphatic carbocycles. The van der Waals surface area contributed by atoms with Crippen LogP contribution < -0.4 is 8.48 Å². The normalized spacial score (nSPS) is 12.3. The summed E-state index contributed by atoms with van der Waals surface area (Å²) in [5, 5.41) is 1.00. The third-order valence-electron chi connectivity index (χ3n) is 6.33. The van der Waals surface area contributed by atoms with Gasteiger partial charge in [-0.05, 0) is 0 Å². The number of hydrogen-bond acceptors (Lipinski definition) is 5. The molecule has 3 rings (SSSR count). The summed E-state index contributed by atoms with van der Waals surface area (Å²) in [6.45, 7) is 7.00. The molecule has 0 radical (unpaired) electrons. The number of anilines is 1. The van der Waals surface area contributed by atoms with Crippen molar-refractivity contribution in [2.45, 2.75) is 72.6 Å². The van der Waals surface area contributed by atoms with Crippen LogP contribution in [0, 0.1) is 0 Å². The van der Waals surface area contributed by atoms with Gasteiger partial charge in [-0.1, -0.05) is 0 Å². The van der Waals surface area contributed by atoms with Crippen molar-refractivity contribution in [1.29, 1.82) is 0 Å². The van der Waals surface area contributed by atoms with Gasteiger partial charge in [0.15, 0.2) is 0 Å². The molecule has 0 N–H and O–H groups in total. The van der Waals surface area contributed by atoms with Crippen LogP contribution in [0.5, 0.6) is 0 Å². The zero-order valence-corrected chi connectivity index (χ0v) is 24.2. The molecular formula is C26H39N3OSSn. The van der Waals surface area contributed by atoms with Crippen LogP contribution in [0.1, 0.15) is 70.1 Å². The molecule has 0 fully saturated rings. The molecule has 0 aliphatic heterocycles. The van der Waals surface area contributed by atoms with Gasteiger partial charge in [0.2, 0.25) is 0 Å². The van der Waals surface area contributed by atoms with Gasteiger partial charge >= 0.3 is 203 Å². The second-order valence-electron chi connectivity index (χ2n) is 9.10. The molecule has 1 aromatic carbocycles. The fourth-order valence-corrected chi connectivity index (χ4v) is 21.1. The Morgan fingerprint density at radius 1 is 0.969 bits per heavy atom. The standard InChI is InChI=1S/C14H12N3OS.3C4H9.Sn/c1-17(2)14-15-9-10(19-14)7-8-13-16-11-5-3-4-6-12(11)18-13;3*1-3-4-2;/h3,5-9H,1-2H3;3*1,3-4H2,2H3;/b8-7+;;;;. The van der Waals surface area contributed by atoms with Crippen LogP contribution in [-0.4, -0.2) is 42.4 Å². The molecule has 0 amide bonds. The number of benzene rings is 1. The van der Waals surface area contributed by atoms with Crippen molar-refractivity contribution in [3.8, 4) is 0 Å². The van der Waals surface area contributed by atoms with Crippen molar-refractivity contribution in [3.63, 3.8) is 0 Å². The van der Waals surface area contributed by atoms with E-state index in [1.54, 1.807) is 14.9 Å². The molecule has 0 saturated carbocycles. The van der Waals surface area contributed by atoms with Gasteiger partial charge in [-0.25, -0.2) is 0 Å². The van der Waals surface area contributed by atoms with E-state index in [2.05, 4.69) is 44.0 Å². The summed E-state index contributed by atoms with van der Waals surface area (Å²) in [7, 11) is 4.02. The molecule has 0 spiro atoms. The molecule has 0 saturated heterocycles. The Labute approximate surface area is 202 Å². The summed E-state index contributed by atoms with van der Waals surface area (Å²) in [5.74, 6) is 0.674. The summed E-state index contributed by atoms with van der Waals surface area (Å²) in [5.41, 5.74) is 1.92. The first kappa shape index (κ1) is 25.3. The number of hydrogen-bond donors (Lipinski definition) is 0. The molecule has 0 atom stereocenters. The summed E-state index contributed by atoms with van der Waals surface area (Å²) < 4.78 is 12.3. The SMILES string of the molecule is CCC[CH2][Sn]([CH2]CCC)([CH2]CCC)[c]1ccc2nc(/C=C/c3cnc(N(C)C)s3)oc2c1. The monoisotopic (exact) mass is 561 g/mol. The first-order valence-corrected chi connectivity index (χ1v) is 20.5. The second kappa shape index (κ2) is 12.2. The van der Waals surface area contributed by atoms with E-state index in [9.17, 15) is 0 Å². The van der Waals surface area contributed by atoms with E-state index >= 15 is 0 Å². The Bertz CT molecular complexity index is 986. The Balaban J connectivity index is 1.89. The van der Waals surface area contributed by atoms with E-state index in [-0.39, 0.29) is 0 Å². The predicted molar refractivity (Wildman–Crippen MR) is 144 cm³/mol. The van der Waals surface area contributed by atoms with Gasteiger partial charge in [0, 0.05) is 0 Å². The first-order valence-electron chi connectivity index (χ1n) is 12.2. The van der Waals surface area contributed by atoms with Crippen molar-refractivity contribution in [3.05, 3.63) is 35.2 Å². The van der Waals surface area contributed by atoms with Crippen LogP contribution in [0.2, 0.25) is 13.3 Å². The third kappa shape index (κ3) is 6.37. The molecule has 0 unspecified atom stereocenters. The molecule has 32 heavy (non-hydrogen) atoms. The van der Waals surface area contributed by atoms with E-state index in [0.717, 1.165) is 21.1 Å². The molecule has 6 heteroatoms. The molecule has 174 valence electrons. The summed E-state index contributed by atoms with van der Waals surface area (Å²) >= 11 is -0.794. The number of fused-ring (bicyclic) bond motifs is 1. The van der Waals surface area contributed by atoms with Crippen LogP contribution in [0.3, 0.4) is 0 Å². The molecule has 0 aliphatic rings. The predicted octanol–water partition coefficient (Wildman–Crippen LogP) is 7.58. The van der Waals surface area contributed by atoms with E-state index < -0.39 is 18.4 Å². The third-order valence-corrected chi connectivity index (χ3v) is 23.1. The fourth-order valence-electron chi connectivity index (χ4n) is 4.41. The van der Waals surface area contributed by atoms with Gasteiger partial charge in [0.05, 0.1) is 0 Å². The van der Waals surface area contributed by atoms with Gasteiger partial charge in [-0.3, -0.25) is 0 Å². The Morgan fingerprint density at radius 2 is 1.62 bits per heavy atom. The molecule has 3 aromatic rings. The fraction of sp³-hybridized carbons (Fsp3) is 0.538.